The molecule has 1 N–H and O–H groups in total. The Morgan fingerprint density at radius 1 is 1.38 bits per heavy atom. The van der Waals surface area contributed by atoms with Crippen LogP contribution in [-0.2, 0) is 20.9 Å². The maximum atomic E-state index is 12.2. The van der Waals surface area contributed by atoms with Crippen LogP contribution in [0.4, 0.5) is 0 Å². The summed E-state index contributed by atoms with van der Waals surface area (Å²) in [6.45, 7) is 4.85. The second kappa shape index (κ2) is 5.55. The molecule has 0 spiro atoms. The first kappa shape index (κ1) is 15.0. The maximum absolute atomic E-state index is 12.2. The molecule has 0 aliphatic carbocycles. The molecule has 1 heterocycles. The van der Waals surface area contributed by atoms with Gasteiger partial charge in [-0.1, -0.05) is 30.3 Å². The summed E-state index contributed by atoms with van der Waals surface area (Å²) in [5.74, 6) is -1.74. The topological polar surface area (TPSA) is 79.2 Å². The molecule has 1 aliphatic rings. The molecule has 1 aromatic rings. The van der Waals surface area contributed by atoms with Gasteiger partial charge in [-0.25, -0.2) is 9.80 Å². The largest absolute Gasteiger partial charge is 0.478 e. The Kier molecular flexibility index (Phi) is 3.97. The van der Waals surface area contributed by atoms with Gasteiger partial charge in [0.15, 0.2) is 0 Å². The molecule has 0 aromatic heterocycles. The lowest BCUT2D eigenvalue weighted by Gasteiger charge is -2.21. The van der Waals surface area contributed by atoms with Gasteiger partial charge in [0.1, 0.15) is 5.92 Å². The number of carbonyl (C=O) groups excluding carboxylic acids is 1. The number of carbonyl (C=O) groups is 2. The van der Waals surface area contributed by atoms with Gasteiger partial charge in [-0.2, -0.15) is 0 Å². The van der Waals surface area contributed by atoms with Crippen LogP contribution < -0.4 is 0 Å². The van der Waals surface area contributed by atoms with Crippen molar-refractivity contribution in [3.8, 4) is 0 Å². The average molecular weight is 290 g/mol. The number of hydrogen-bond donors (Lipinski definition) is 1. The van der Waals surface area contributed by atoms with Crippen LogP contribution in [0.1, 0.15) is 26.3 Å². The number of amides is 1. The molecule has 1 unspecified atom stereocenters. The summed E-state index contributed by atoms with van der Waals surface area (Å²) < 4.78 is 5.40. The van der Waals surface area contributed by atoms with Crippen LogP contribution in [0.15, 0.2) is 35.4 Å². The zero-order valence-corrected chi connectivity index (χ0v) is 12.2. The van der Waals surface area contributed by atoms with Gasteiger partial charge in [0.05, 0.1) is 6.54 Å². The van der Waals surface area contributed by atoms with Crippen LogP contribution in [0.5, 0.6) is 0 Å². The van der Waals surface area contributed by atoms with E-state index in [4.69, 9.17) is 9.84 Å². The highest BCUT2D eigenvalue weighted by molar-refractivity contribution is 6.04. The Bertz CT molecular complexity index is 581. The van der Waals surface area contributed by atoms with Crippen LogP contribution in [-0.4, -0.2) is 33.5 Å². The van der Waals surface area contributed by atoms with Crippen LogP contribution in [0.25, 0.3) is 0 Å². The van der Waals surface area contributed by atoms with Crippen molar-refractivity contribution < 1.29 is 19.4 Å². The summed E-state index contributed by atoms with van der Waals surface area (Å²) in [7, 11) is 0. The third-order valence-electron chi connectivity index (χ3n) is 3.26. The minimum atomic E-state index is -1.42. The molecule has 6 heteroatoms. The molecule has 2 rings (SSSR count). The highest BCUT2D eigenvalue weighted by atomic mass is 16.5. The normalized spacial score (nSPS) is 18.6. The lowest BCUT2D eigenvalue weighted by atomic mass is 10.1. The fourth-order valence-corrected chi connectivity index (χ4v) is 1.87. The zero-order chi connectivity index (χ0) is 15.6. The molecule has 21 heavy (non-hydrogen) atoms. The van der Waals surface area contributed by atoms with Crippen molar-refractivity contribution in [3.05, 3.63) is 35.9 Å². The molecule has 0 saturated heterocycles. The lowest BCUT2D eigenvalue weighted by molar-refractivity contribution is -0.153. The van der Waals surface area contributed by atoms with Gasteiger partial charge in [-0.15, -0.1) is 5.10 Å². The first-order chi connectivity index (χ1) is 9.81. The Morgan fingerprint density at radius 3 is 2.57 bits per heavy atom. The standard InChI is InChI=1S/C15H18N2O4/c1-10-12(21-15(2,3)14(19)20)16-17(13(10)18)9-11-7-5-4-6-8-11/h4-8,10H,9H2,1-3H3,(H,19,20). The fourth-order valence-electron chi connectivity index (χ4n) is 1.87. The second-order valence-electron chi connectivity index (χ2n) is 5.46. The highest BCUT2D eigenvalue weighted by Gasteiger charge is 2.39. The number of aliphatic carboxylic acids is 1. The van der Waals surface area contributed by atoms with E-state index in [9.17, 15) is 9.59 Å². The number of carboxylic acids is 1. The summed E-state index contributed by atoms with van der Waals surface area (Å²) in [5, 5.41) is 14.5. The SMILES string of the molecule is CC1C(=O)N(Cc2ccccc2)N=C1OC(C)(C)C(=O)O. The molecule has 0 bridgehead atoms. The van der Waals surface area contributed by atoms with E-state index in [1.807, 2.05) is 30.3 Å². The van der Waals surface area contributed by atoms with Crippen LogP contribution >= 0.6 is 0 Å². The Hall–Kier alpha value is -2.37. The summed E-state index contributed by atoms with van der Waals surface area (Å²) >= 11 is 0. The van der Waals surface area contributed by atoms with E-state index in [2.05, 4.69) is 5.10 Å². The molecule has 0 saturated carbocycles. The minimum absolute atomic E-state index is 0.142. The third kappa shape index (κ3) is 3.21. The molecule has 1 atom stereocenters. The Balaban J connectivity index is 2.14. The van der Waals surface area contributed by atoms with E-state index in [-0.39, 0.29) is 11.8 Å². The van der Waals surface area contributed by atoms with Crippen LogP contribution in [0.2, 0.25) is 0 Å². The van der Waals surface area contributed by atoms with Gasteiger partial charge in [0, 0.05) is 0 Å². The molecule has 6 nitrogen and oxygen atoms in total. The van der Waals surface area contributed by atoms with Crippen molar-refractivity contribution in [2.24, 2.45) is 11.0 Å². The predicted octanol–water partition coefficient (Wildman–Crippen LogP) is 1.86. The number of hydrogen-bond acceptors (Lipinski definition) is 4. The molecular weight excluding hydrogens is 272 g/mol. The van der Waals surface area contributed by atoms with E-state index in [1.54, 1.807) is 6.92 Å². The third-order valence-corrected chi connectivity index (χ3v) is 3.26. The maximum Gasteiger partial charge on any atom is 0.347 e. The van der Waals surface area contributed by atoms with E-state index >= 15 is 0 Å². The highest BCUT2D eigenvalue weighted by Crippen LogP contribution is 2.22. The number of carboxylic acid groups (broad SMARTS) is 1. The lowest BCUT2D eigenvalue weighted by Crippen LogP contribution is -2.38. The second-order valence-corrected chi connectivity index (χ2v) is 5.46. The summed E-state index contributed by atoms with van der Waals surface area (Å²) in [6.07, 6.45) is 0. The van der Waals surface area contributed by atoms with E-state index in [1.165, 1.54) is 18.9 Å². The van der Waals surface area contributed by atoms with Crippen molar-refractivity contribution in [1.82, 2.24) is 5.01 Å². The molecule has 0 fully saturated rings. The first-order valence-electron chi connectivity index (χ1n) is 6.67. The number of hydrazone groups is 1. The van der Waals surface area contributed by atoms with E-state index in [0.717, 1.165) is 5.56 Å². The molecule has 1 amide bonds. The van der Waals surface area contributed by atoms with Gasteiger partial charge < -0.3 is 9.84 Å². The van der Waals surface area contributed by atoms with Crippen LogP contribution in [0.3, 0.4) is 0 Å². The molecular formula is C15H18N2O4. The number of ether oxygens (including phenoxy) is 1. The van der Waals surface area contributed by atoms with Crippen LogP contribution in [0, 0.1) is 5.92 Å². The monoisotopic (exact) mass is 290 g/mol. The van der Waals surface area contributed by atoms with Gasteiger partial charge in [0.2, 0.25) is 11.5 Å². The van der Waals surface area contributed by atoms with E-state index < -0.39 is 17.5 Å². The smallest absolute Gasteiger partial charge is 0.347 e. The summed E-state index contributed by atoms with van der Waals surface area (Å²) in [6, 6.07) is 9.45. The molecule has 112 valence electrons. The molecule has 1 aliphatic heterocycles. The molecule has 1 aromatic carbocycles. The molecule has 0 radical (unpaired) electrons. The van der Waals surface area contributed by atoms with Gasteiger partial charge in [0.25, 0.3) is 5.91 Å². The fraction of sp³-hybridized carbons (Fsp3) is 0.400. The summed E-state index contributed by atoms with van der Waals surface area (Å²) in [4.78, 5) is 23.3. The van der Waals surface area contributed by atoms with Crippen molar-refractivity contribution in [2.75, 3.05) is 0 Å². The van der Waals surface area contributed by atoms with Crippen molar-refractivity contribution in [2.45, 2.75) is 32.9 Å². The Labute approximate surface area is 123 Å². The minimum Gasteiger partial charge on any atom is -0.478 e. The van der Waals surface area contributed by atoms with Gasteiger partial charge in [-0.3, -0.25) is 4.79 Å². The quantitative estimate of drug-likeness (QED) is 0.918. The number of rotatable bonds is 4. The van der Waals surface area contributed by atoms with Gasteiger partial charge >= 0.3 is 5.97 Å². The van der Waals surface area contributed by atoms with Crippen molar-refractivity contribution in [1.29, 1.82) is 0 Å². The van der Waals surface area contributed by atoms with Gasteiger partial charge in [-0.05, 0) is 26.3 Å². The first-order valence-corrected chi connectivity index (χ1v) is 6.67. The van der Waals surface area contributed by atoms with Crippen molar-refractivity contribution in [3.63, 3.8) is 0 Å². The number of benzene rings is 1. The predicted molar refractivity (Wildman–Crippen MR) is 76.4 cm³/mol. The average Bonchev–Trinajstić information content (AvgIpc) is 2.68. The summed E-state index contributed by atoms with van der Waals surface area (Å²) in [5.41, 5.74) is -0.476. The Morgan fingerprint density at radius 2 is 2.00 bits per heavy atom. The van der Waals surface area contributed by atoms with E-state index in [0.29, 0.717) is 6.54 Å². The van der Waals surface area contributed by atoms with Crippen molar-refractivity contribution >= 4 is 17.8 Å². The number of nitrogens with zero attached hydrogens (tertiary/aromatic N) is 2. The zero-order valence-electron chi connectivity index (χ0n) is 12.2.